The number of aliphatic hydroxyl groups excluding tert-OH is 11. The number of nitrogens with one attached hydrogen (secondary N) is 2. The molecule has 18 unspecified atom stereocenters. The number of aliphatic hydroxyl groups is 11. The van der Waals surface area contributed by atoms with E-state index in [4.69, 9.17) is 28.4 Å². The van der Waals surface area contributed by atoms with Gasteiger partial charge in [0.1, 0.15) is 67.1 Å². The summed E-state index contributed by atoms with van der Waals surface area (Å²) in [5.41, 5.74) is 0. The summed E-state index contributed by atoms with van der Waals surface area (Å²) in [5, 5.41) is 136. The number of unbranched alkanes of at least 4 members (excludes halogenated alkanes) is 35. The molecule has 0 aromatic rings. The quantitative estimate of drug-likeness (QED) is 0.0154. The van der Waals surface area contributed by atoms with Gasteiger partial charge in [0.05, 0.1) is 50.7 Å². The first kappa shape index (κ1) is 88.2. The first-order valence-corrected chi connectivity index (χ1v) is 37.9. The number of carboxylic acids is 1. The molecular weight excluding hydrogens is 1250 g/mol. The van der Waals surface area contributed by atoms with E-state index in [0.29, 0.717) is 12.8 Å². The summed E-state index contributed by atoms with van der Waals surface area (Å²) < 4.78 is 34.9. The van der Waals surface area contributed by atoms with Crippen LogP contribution in [-0.2, 0) is 42.8 Å². The molecular formula is C74H134N2O21. The van der Waals surface area contributed by atoms with Gasteiger partial charge in [0.2, 0.25) is 11.8 Å². The molecule has 3 saturated heterocycles. The van der Waals surface area contributed by atoms with Crippen LogP contribution in [0.15, 0.2) is 36.5 Å². The van der Waals surface area contributed by atoms with Crippen LogP contribution in [0.3, 0.4) is 0 Å². The van der Waals surface area contributed by atoms with E-state index in [-0.39, 0.29) is 12.3 Å². The van der Waals surface area contributed by atoms with Crippen LogP contribution in [0.4, 0.5) is 0 Å². The molecule has 3 rings (SSSR count). The van der Waals surface area contributed by atoms with Gasteiger partial charge in [-0.3, -0.25) is 9.59 Å². The molecule has 23 heteroatoms. The number of amides is 2. The molecule has 14 N–H and O–H groups in total. The van der Waals surface area contributed by atoms with E-state index in [0.717, 1.165) is 64.7 Å². The molecule has 0 saturated carbocycles. The third-order valence-corrected chi connectivity index (χ3v) is 19.1. The fourth-order valence-corrected chi connectivity index (χ4v) is 13.1. The number of rotatable bonds is 58. The summed E-state index contributed by atoms with van der Waals surface area (Å²) in [4.78, 5) is 38.6. The number of allylic oxidation sites excluding steroid dienone is 5. The highest BCUT2D eigenvalue weighted by Gasteiger charge is 2.60. The van der Waals surface area contributed by atoms with Crippen LogP contribution >= 0.6 is 0 Å². The molecule has 3 aliphatic rings. The van der Waals surface area contributed by atoms with E-state index in [1.807, 2.05) is 6.08 Å². The van der Waals surface area contributed by atoms with Gasteiger partial charge in [0, 0.05) is 19.8 Å². The number of hydrogen-bond donors (Lipinski definition) is 14. The van der Waals surface area contributed by atoms with Crippen LogP contribution in [0, 0.1) is 0 Å². The third kappa shape index (κ3) is 35.1. The zero-order valence-electron chi connectivity index (χ0n) is 59.4. The lowest BCUT2D eigenvalue weighted by atomic mass is 9.88. The second-order valence-corrected chi connectivity index (χ2v) is 27.5. The Balaban J connectivity index is 1.56. The van der Waals surface area contributed by atoms with Crippen LogP contribution in [-0.4, -0.2) is 215 Å². The lowest BCUT2D eigenvalue weighted by Gasteiger charge is -2.50. The van der Waals surface area contributed by atoms with Gasteiger partial charge in [0.25, 0.3) is 5.79 Å². The Kier molecular flexibility index (Phi) is 48.8. The van der Waals surface area contributed by atoms with E-state index in [1.165, 1.54) is 173 Å². The van der Waals surface area contributed by atoms with Gasteiger partial charge in [0.15, 0.2) is 12.6 Å². The van der Waals surface area contributed by atoms with Crippen LogP contribution in [0.2, 0.25) is 0 Å². The first-order chi connectivity index (χ1) is 46.9. The zero-order valence-corrected chi connectivity index (χ0v) is 59.4. The molecule has 0 spiro atoms. The van der Waals surface area contributed by atoms with E-state index in [2.05, 4.69) is 48.8 Å². The highest BCUT2D eigenvalue weighted by Crippen LogP contribution is 2.39. The molecule has 3 aliphatic heterocycles. The molecule has 23 nitrogen and oxygen atoms in total. The van der Waals surface area contributed by atoms with Crippen molar-refractivity contribution < 1.29 is 104 Å². The number of aliphatic carboxylic acids is 1. The topological polar surface area (TPSA) is 373 Å². The second-order valence-electron chi connectivity index (χ2n) is 27.5. The Morgan fingerprint density at radius 3 is 1.45 bits per heavy atom. The molecule has 18 atom stereocenters. The smallest absolute Gasteiger partial charge is 0.364 e. The molecule has 0 radical (unpaired) electrons. The van der Waals surface area contributed by atoms with Gasteiger partial charge >= 0.3 is 5.97 Å². The molecule has 0 aromatic carbocycles. The van der Waals surface area contributed by atoms with E-state index < -0.39 is 155 Å². The normalized spacial score (nSPS) is 27.6. The predicted octanol–water partition coefficient (Wildman–Crippen LogP) is 8.57. The maximum atomic E-state index is 13.5. The highest BCUT2D eigenvalue weighted by atomic mass is 16.8. The minimum Gasteiger partial charge on any atom is -0.477 e. The Bertz CT molecular complexity index is 2090. The fraction of sp³-hybridized carbons (Fsp3) is 0.878. The predicted molar refractivity (Wildman–Crippen MR) is 371 cm³/mol. The Labute approximate surface area is 580 Å². The van der Waals surface area contributed by atoms with Gasteiger partial charge in [-0.25, -0.2) is 4.79 Å². The average Bonchev–Trinajstić information content (AvgIpc) is 0.760. The van der Waals surface area contributed by atoms with Gasteiger partial charge in [-0.15, -0.1) is 0 Å². The maximum Gasteiger partial charge on any atom is 0.364 e. The minimum absolute atomic E-state index is 0.196. The number of carbonyl (C=O) groups excluding carboxylic acids is 2. The third-order valence-electron chi connectivity index (χ3n) is 19.1. The van der Waals surface area contributed by atoms with Crippen molar-refractivity contribution in [3.8, 4) is 0 Å². The number of hydrogen-bond acceptors (Lipinski definition) is 20. The van der Waals surface area contributed by atoms with E-state index >= 15 is 0 Å². The van der Waals surface area contributed by atoms with Gasteiger partial charge in [-0.05, 0) is 44.9 Å². The summed E-state index contributed by atoms with van der Waals surface area (Å²) >= 11 is 0. The highest BCUT2D eigenvalue weighted by molar-refractivity contribution is 5.77. The van der Waals surface area contributed by atoms with Crippen molar-refractivity contribution in [1.82, 2.24) is 10.6 Å². The van der Waals surface area contributed by atoms with Crippen molar-refractivity contribution in [3.63, 3.8) is 0 Å². The number of carboxylic acid groups (broad SMARTS) is 1. The molecule has 0 bridgehead atoms. The zero-order chi connectivity index (χ0) is 71.1. The largest absolute Gasteiger partial charge is 0.477 e. The summed E-state index contributed by atoms with van der Waals surface area (Å²) in [7, 11) is 0. The van der Waals surface area contributed by atoms with Gasteiger partial charge in [-0.2, -0.15) is 0 Å². The monoisotopic (exact) mass is 1390 g/mol. The van der Waals surface area contributed by atoms with Crippen molar-refractivity contribution in [3.05, 3.63) is 36.5 Å². The summed E-state index contributed by atoms with van der Waals surface area (Å²) in [5.74, 6) is -6.15. The maximum absolute atomic E-state index is 13.5. The molecule has 97 heavy (non-hydrogen) atoms. The minimum atomic E-state index is -3.08. The van der Waals surface area contributed by atoms with Gasteiger partial charge in [-0.1, -0.05) is 249 Å². The van der Waals surface area contributed by atoms with Crippen molar-refractivity contribution in [2.75, 3.05) is 26.4 Å². The van der Waals surface area contributed by atoms with Crippen molar-refractivity contribution in [2.24, 2.45) is 0 Å². The standard InChI is InChI=1S/C74H134N2O21/c1-4-6-8-10-12-14-16-18-20-22-24-25-26-27-28-30-31-33-35-37-39-41-43-45-47-56(81)55(76-61(84)48-46-44-42-40-38-36-34-32-29-23-21-19-17-15-13-11-9-7-5-2)53-92-71-66(88)65(87)68(60(52-79)94-71)95-72-67(89)70(64(86)59(51-78)93-72)97-74(73(90)91)49-57(82)62(75-54(3)80)69(96-74)63(85)58(83)50-77/h13,15,17,19,45,47,55-60,62-72,77-79,81-83,85-89H,4-12,14,16,18,20-44,46,48-53H2,1-3H3,(H,75,80)(H,76,84)(H,90,91)/b15-13-,19-17-,47-45+. The molecule has 3 heterocycles. The van der Waals surface area contributed by atoms with Crippen molar-refractivity contribution in [1.29, 1.82) is 0 Å². The summed E-state index contributed by atoms with van der Waals surface area (Å²) in [6.45, 7) is 2.13. The SMILES string of the molecule is CCCCC/C=C\C=C/CCCCCCCCCCCCC(=O)NC(COC1OC(CO)C(OC2OC(CO)C(O)C(OC3(C(=O)O)CC(O)C(NC(C)=O)C(C(O)C(O)CO)O3)C2O)C(O)C1O)C(O)/C=C/CCCCCCCCCCCCCCCCCCCCCCCC. The van der Waals surface area contributed by atoms with Crippen LogP contribution in [0.25, 0.3) is 0 Å². The van der Waals surface area contributed by atoms with Crippen LogP contribution in [0.1, 0.15) is 278 Å². The molecule has 0 aliphatic carbocycles. The Hall–Kier alpha value is -3.05. The Morgan fingerprint density at radius 2 is 0.990 bits per heavy atom. The van der Waals surface area contributed by atoms with Crippen molar-refractivity contribution >= 4 is 17.8 Å². The van der Waals surface area contributed by atoms with Crippen molar-refractivity contribution in [2.45, 2.75) is 387 Å². The lowest BCUT2D eigenvalue weighted by Crippen LogP contribution is -2.70. The van der Waals surface area contributed by atoms with E-state index in [1.54, 1.807) is 6.08 Å². The summed E-state index contributed by atoms with van der Waals surface area (Å²) in [6, 6.07) is -2.62. The summed E-state index contributed by atoms with van der Waals surface area (Å²) in [6.07, 6.45) is 28.9. The molecule has 0 aromatic heterocycles. The average molecular weight is 1390 g/mol. The second kappa shape index (κ2) is 53.7. The number of carbonyl (C=O) groups is 3. The van der Waals surface area contributed by atoms with Gasteiger partial charge < -0.3 is 100 Å². The van der Waals surface area contributed by atoms with Crippen LogP contribution < -0.4 is 10.6 Å². The Morgan fingerprint density at radius 1 is 0.546 bits per heavy atom. The number of ether oxygens (including phenoxy) is 6. The molecule has 3 fully saturated rings. The molecule has 566 valence electrons. The van der Waals surface area contributed by atoms with E-state index in [9.17, 15) is 75.7 Å². The fourth-order valence-electron chi connectivity index (χ4n) is 13.1. The first-order valence-electron chi connectivity index (χ1n) is 37.9. The lowest BCUT2D eigenvalue weighted by molar-refractivity contribution is -0.386. The molecule has 2 amide bonds. The van der Waals surface area contributed by atoms with Crippen LogP contribution in [0.5, 0.6) is 0 Å².